The number of likely N-dealkylation sites (tertiary alicyclic amines) is 1. The van der Waals surface area contributed by atoms with Gasteiger partial charge in [0.15, 0.2) is 5.96 Å². The zero-order valence-electron chi connectivity index (χ0n) is 11.4. The van der Waals surface area contributed by atoms with Crippen LogP contribution in [-0.2, 0) is 0 Å². The quantitative estimate of drug-likeness (QED) is 0.568. The first-order valence-corrected chi connectivity index (χ1v) is 6.95. The molecule has 0 radical (unpaired) electrons. The van der Waals surface area contributed by atoms with Crippen molar-refractivity contribution in [3.8, 4) is 0 Å². The van der Waals surface area contributed by atoms with Crippen LogP contribution in [0.3, 0.4) is 0 Å². The maximum Gasteiger partial charge on any atom is 0.191 e. The Morgan fingerprint density at radius 2 is 2.24 bits per heavy atom. The summed E-state index contributed by atoms with van der Waals surface area (Å²) in [6.07, 6.45) is 3.90. The second-order valence-electron chi connectivity index (χ2n) is 5.46. The van der Waals surface area contributed by atoms with Crippen molar-refractivity contribution in [2.24, 2.45) is 10.9 Å². The first-order valence-electron chi connectivity index (χ1n) is 6.95. The first kappa shape index (κ1) is 12.7. The van der Waals surface area contributed by atoms with Gasteiger partial charge in [-0.3, -0.25) is 4.99 Å². The Morgan fingerprint density at radius 3 is 2.76 bits per heavy atom. The van der Waals surface area contributed by atoms with Crippen LogP contribution in [0.1, 0.15) is 33.1 Å². The summed E-state index contributed by atoms with van der Waals surface area (Å²) in [5, 5.41) is 6.83. The molecule has 1 aliphatic heterocycles. The number of hydrogen-bond acceptors (Lipinski definition) is 2. The van der Waals surface area contributed by atoms with Crippen LogP contribution in [-0.4, -0.2) is 49.6 Å². The van der Waals surface area contributed by atoms with Crippen LogP contribution >= 0.6 is 0 Å². The third kappa shape index (κ3) is 3.60. The minimum absolute atomic E-state index is 0.641. The molecule has 4 nitrogen and oxygen atoms in total. The molecule has 0 spiro atoms. The van der Waals surface area contributed by atoms with Crippen LogP contribution in [0.15, 0.2) is 4.99 Å². The molecular weight excluding hydrogens is 212 g/mol. The summed E-state index contributed by atoms with van der Waals surface area (Å²) in [6.45, 7) is 7.49. The van der Waals surface area contributed by atoms with Gasteiger partial charge >= 0.3 is 0 Å². The molecule has 2 rings (SSSR count). The number of nitrogens with one attached hydrogen (secondary N) is 2. The van der Waals surface area contributed by atoms with Crippen LogP contribution in [0.5, 0.6) is 0 Å². The van der Waals surface area contributed by atoms with Gasteiger partial charge in [-0.2, -0.15) is 0 Å². The van der Waals surface area contributed by atoms with Gasteiger partial charge in [0.25, 0.3) is 0 Å². The summed E-state index contributed by atoms with van der Waals surface area (Å²) in [6, 6.07) is 1.29. The van der Waals surface area contributed by atoms with Crippen LogP contribution in [0.25, 0.3) is 0 Å². The van der Waals surface area contributed by atoms with E-state index >= 15 is 0 Å². The molecule has 3 atom stereocenters. The summed E-state index contributed by atoms with van der Waals surface area (Å²) in [4.78, 5) is 7.14. The molecule has 2 aliphatic rings. The molecule has 0 aromatic carbocycles. The molecule has 0 aromatic heterocycles. The van der Waals surface area contributed by atoms with E-state index in [2.05, 4.69) is 36.4 Å². The topological polar surface area (TPSA) is 39.7 Å². The van der Waals surface area contributed by atoms with E-state index in [1.807, 2.05) is 0 Å². The fourth-order valence-electron chi connectivity index (χ4n) is 2.43. The molecule has 1 aliphatic carbocycles. The second-order valence-corrected chi connectivity index (χ2v) is 5.46. The zero-order valence-corrected chi connectivity index (χ0v) is 11.4. The van der Waals surface area contributed by atoms with Gasteiger partial charge in [0.05, 0.1) is 6.54 Å². The summed E-state index contributed by atoms with van der Waals surface area (Å²) < 4.78 is 0. The molecule has 3 unspecified atom stereocenters. The van der Waals surface area contributed by atoms with Crippen molar-refractivity contribution in [1.82, 2.24) is 15.5 Å². The Hall–Kier alpha value is -0.770. The van der Waals surface area contributed by atoms with Crippen LogP contribution < -0.4 is 10.6 Å². The molecule has 1 saturated carbocycles. The maximum atomic E-state index is 4.71. The van der Waals surface area contributed by atoms with E-state index < -0.39 is 0 Å². The molecule has 0 aromatic rings. The molecule has 2 N–H and O–H groups in total. The van der Waals surface area contributed by atoms with E-state index in [0.29, 0.717) is 12.1 Å². The Labute approximate surface area is 105 Å². The lowest BCUT2D eigenvalue weighted by Crippen LogP contribution is -2.40. The molecule has 0 bridgehead atoms. The molecule has 2 fully saturated rings. The lowest BCUT2D eigenvalue weighted by molar-refractivity contribution is 0.317. The number of hydrogen-bond donors (Lipinski definition) is 2. The highest BCUT2D eigenvalue weighted by atomic mass is 15.2. The third-order valence-electron chi connectivity index (χ3n) is 3.91. The predicted molar refractivity (Wildman–Crippen MR) is 72.3 cm³/mol. The van der Waals surface area contributed by atoms with Crippen molar-refractivity contribution in [3.63, 3.8) is 0 Å². The zero-order chi connectivity index (χ0) is 12.3. The summed E-state index contributed by atoms with van der Waals surface area (Å²) >= 11 is 0. The third-order valence-corrected chi connectivity index (χ3v) is 3.91. The van der Waals surface area contributed by atoms with Gasteiger partial charge in [0, 0.05) is 18.6 Å². The van der Waals surface area contributed by atoms with Crippen molar-refractivity contribution in [3.05, 3.63) is 0 Å². The number of likely N-dealkylation sites (N-methyl/N-ethyl adjacent to an activating group) is 1. The van der Waals surface area contributed by atoms with Gasteiger partial charge < -0.3 is 15.5 Å². The lowest BCUT2D eigenvalue weighted by atomic mass is 10.2. The van der Waals surface area contributed by atoms with E-state index in [4.69, 9.17) is 4.99 Å². The number of guanidine groups is 1. The van der Waals surface area contributed by atoms with E-state index in [1.54, 1.807) is 0 Å². The second kappa shape index (κ2) is 5.71. The van der Waals surface area contributed by atoms with E-state index in [0.717, 1.165) is 25.0 Å². The lowest BCUT2D eigenvalue weighted by Gasteiger charge is -2.18. The normalized spacial score (nSPS) is 33.8. The minimum atomic E-state index is 0.641. The van der Waals surface area contributed by atoms with Gasteiger partial charge in [-0.05, 0) is 45.7 Å². The Bertz CT molecular complexity index is 277. The molecule has 4 heteroatoms. The maximum absolute atomic E-state index is 4.71. The van der Waals surface area contributed by atoms with E-state index in [9.17, 15) is 0 Å². The largest absolute Gasteiger partial charge is 0.357 e. The Morgan fingerprint density at radius 1 is 1.47 bits per heavy atom. The SMILES string of the molecule is CCNC(=NCC1CCCN1C)NC1CC1C. The van der Waals surface area contributed by atoms with Gasteiger partial charge in [0.1, 0.15) is 0 Å². The van der Waals surface area contributed by atoms with Crippen molar-refractivity contribution in [2.45, 2.75) is 45.2 Å². The fourth-order valence-corrected chi connectivity index (χ4v) is 2.43. The standard InChI is InChI=1S/C13H26N4/c1-4-14-13(16-12-8-10(12)2)15-9-11-6-5-7-17(11)3/h10-12H,4-9H2,1-3H3,(H2,14,15,16). The highest BCUT2D eigenvalue weighted by Gasteiger charge is 2.33. The Balaban J connectivity index is 1.81. The van der Waals surface area contributed by atoms with Crippen molar-refractivity contribution in [1.29, 1.82) is 0 Å². The van der Waals surface area contributed by atoms with Crippen molar-refractivity contribution >= 4 is 5.96 Å². The van der Waals surface area contributed by atoms with Crippen LogP contribution in [0, 0.1) is 5.92 Å². The average molecular weight is 238 g/mol. The van der Waals surface area contributed by atoms with Gasteiger partial charge in [-0.15, -0.1) is 0 Å². The summed E-state index contributed by atoms with van der Waals surface area (Å²) in [5.74, 6) is 1.81. The molecule has 0 amide bonds. The fraction of sp³-hybridized carbons (Fsp3) is 0.923. The van der Waals surface area contributed by atoms with E-state index in [1.165, 1.54) is 25.8 Å². The molecule has 1 heterocycles. The average Bonchev–Trinajstić information content (AvgIpc) is 2.83. The highest BCUT2D eigenvalue weighted by molar-refractivity contribution is 5.80. The van der Waals surface area contributed by atoms with Crippen LogP contribution in [0.2, 0.25) is 0 Å². The minimum Gasteiger partial charge on any atom is -0.357 e. The molecular formula is C13H26N4. The van der Waals surface area contributed by atoms with Crippen molar-refractivity contribution in [2.75, 3.05) is 26.7 Å². The first-order chi connectivity index (χ1) is 8.20. The molecule has 1 saturated heterocycles. The molecule has 98 valence electrons. The predicted octanol–water partition coefficient (Wildman–Crippen LogP) is 1.04. The smallest absolute Gasteiger partial charge is 0.191 e. The van der Waals surface area contributed by atoms with Gasteiger partial charge in [-0.1, -0.05) is 6.92 Å². The monoisotopic (exact) mass is 238 g/mol. The number of rotatable bonds is 4. The highest BCUT2D eigenvalue weighted by Crippen LogP contribution is 2.28. The van der Waals surface area contributed by atoms with E-state index in [-0.39, 0.29) is 0 Å². The van der Waals surface area contributed by atoms with Gasteiger partial charge in [0.2, 0.25) is 0 Å². The van der Waals surface area contributed by atoms with Crippen LogP contribution in [0.4, 0.5) is 0 Å². The molecule has 17 heavy (non-hydrogen) atoms. The summed E-state index contributed by atoms with van der Waals surface area (Å²) in [5.41, 5.74) is 0. The number of nitrogens with zero attached hydrogens (tertiary/aromatic N) is 2. The number of aliphatic imine (C=N–C) groups is 1. The van der Waals surface area contributed by atoms with Gasteiger partial charge in [-0.25, -0.2) is 0 Å². The summed E-state index contributed by atoms with van der Waals surface area (Å²) in [7, 11) is 2.20. The Kier molecular flexibility index (Phi) is 4.26. The van der Waals surface area contributed by atoms with Crippen molar-refractivity contribution < 1.29 is 0 Å².